The number of benzene rings is 2. The molecule has 366 valence electrons. The fourth-order valence-electron chi connectivity index (χ4n) is 7.87. The van der Waals surface area contributed by atoms with E-state index in [1.807, 2.05) is 0 Å². The molecule has 0 heterocycles. The maximum atomic E-state index is 14.8. The van der Waals surface area contributed by atoms with Crippen LogP contribution < -0.4 is 31.9 Å². The number of rotatable bonds is 28. The molecule has 2 aromatic carbocycles. The summed E-state index contributed by atoms with van der Waals surface area (Å²) in [4.78, 5) is 129. The minimum atomic E-state index is -2.99. The minimum Gasteiger partial charge on any atom is -0.481 e. The fraction of sp³-hybridized carbons (Fsp3) is 0.511. The molecule has 3 rings (SSSR count). The summed E-state index contributed by atoms with van der Waals surface area (Å²) in [6.07, 6.45) is -4.56. The van der Waals surface area contributed by atoms with Crippen LogP contribution in [0.1, 0.15) is 107 Å². The standard InChI is InChI=1S/C45H58F2N6O14/c1-25(54)48-33(24-38(61)62)44(66)50-31(18-20-36(57)58)42(64)53-40(39(27-13-7-3-8-14-27)28-15-9-4-10-16-28)45(67)51-30(17-19-35(55)56)41(63)52-32(21-26-11-5-2-6-12-26)43(65)49-29(22-34(46)47)23-37(59)60/h3-4,7-10,13-16,26,29-34,39-40H,2,5-6,11-12,17-24H2,1H3,(H,48,54)(H,49,65)(H,50,66)(H,51,67)(H,52,63)(H,53,64)(H,55,56)(H,57,58)(H,59,60)(H,61,62). The van der Waals surface area contributed by atoms with Gasteiger partial charge in [-0.2, -0.15) is 0 Å². The highest BCUT2D eigenvalue weighted by Gasteiger charge is 2.38. The lowest BCUT2D eigenvalue weighted by Crippen LogP contribution is -2.60. The fourth-order valence-corrected chi connectivity index (χ4v) is 7.87. The number of carboxylic acids is 4. The van der Waals surface area contributed by atoms with Crippen molar-refractivity contribution in [2.75, 3.05) is 0 Å². The Morgan fingerprint density at radius 1 is 0.537 bits per heavy atom. The van der Waals surface area contributed by atoms with Gasteiger partial charge in [-0.1, -0.05) is 92.8 Å². The summed E-state index contributed by atoms with van der Waals surface area (Å²) in [6, 6.07) is 6.39. The Bertz CT molecular complexity index is 1980. The van der Waals surface area contributed by atoms with Crippen molar-refractivity contribution in [3.63, 3.8) is 0 Å². The predicted octanol–water partition coefficient (Wildman–Crippen LogP) is 2.05. The van der Waals surface area contributed by atoms with Crippen LogP contribution in [0.4, 0.5) is 8.78 Å². The highest BCUT2D eigenvalue weighted by atomic mass is 19.3. The Labute approximate surface area is 384 Å². The predicted molar refractivity (Wildman–Crippen MR) is 232 cm³/mol. The number of amides is 6. The summed E-state index contributed by atoms with van der Waals surface area (Å²) in [5, 5.41) is 52.2. The van der Waals surface area contributed by atoms with Crippen LogP contribution in [-0.2, 0) is 47.9 Å². The quantitative estimate of drug-likeness (QED) is 0.0584. The first-order valence-electron chi connectivity index (χ1n) is 21.8. The van der Waals surface area contributed by atoms with Gasteiger partial charge in [-0.05, 0) is 36.3 Å². The summed E-state index contributed by atoms with van der Waals surface area (Å²) in [7, 11) is 0. The summed E-state index contributed by atoms with van der Waals surface area (Å²) in [6.45, 7) is 1.01. The monoisotopic (exact) mass is 944 g/mol. The average Bonchev–Trinajstić information content (AvgIpc) is 3.25. The molecular weight excluding hydrogens is 887 g/mol. The molecule has 1 fully saturated rings. The van der Waals surface area contributed by atoms with E-state index in [1.54, 1.807) is 60.7 Å². The van der Waals surface area contributed by atoms with E-state index in [1.165, 1.54) is 0 Å². The van der Waals surface area contributed by atoms with E-state index in [-0.39, 0.29) is 12.3 Å². The van der Waals surface area contributed by atoms with E-state index in [2.05, 4.69) is 31.9 Å². The van der Waals surface area contributed by atoms with Gasteiger partial charge in [0.2, 0.25) is 41.9 Å². The van der Waals surface area contributed by atoms with Crippen LogP contribution in [0.15, 0.2) is 60.7 Å². The number of carbonyl (C=O) groups excluding carboxylic acids is 6. The first-order valence-corrected chi connectivity index (χ1v) is 21.8. The van der Waals surface area contributed by atoms with Gasteiger partial charge in [0.05, 0.1) is 12.8 Å². The van der Waals surface area contributed by atoms with Crippen molar-refractivity contribution in [1.29, 1.82) is 0 Å². The van der Waals surface area contributed by atoms with Gasteiger partial charge < -0.3 is 52.3 Å². The van der Waals surface area contributed by atoms with E-state index >= 15 is 0 Å². The van der Waals surface area contributed by atoms with Crippen molar-refractivity contribution >= 4 is 59.3 Å². The van der Waals surface area contributed by atoms with Crippen LogP contribution in [-0.4, -0.2) is 122 Å². The van der Waals surface area contributed by atoms with Gasteiger partial charge in [-0.15, -0.1) is 0 Å². The summed E-state index contributed by atoms with van der Waals surface area (Å²) < 4.78 is 26.9. The molecule has 1 saturated carbocycles. The maximum Gasteiger partial charge on any atom is 0.305 e. The number of carbonyl (C=O) groups is 10. The van der Waals surface area contributed by atoms with Gasteiger partial charge >= 0.3 is 23.9 Å². The van der Waals surface area contributed by atoms with Gasteiger partial charge in [0, 0.05) is 38.1 Å². The van der Waals surface area contributed by atoms with Crippen LogP contribution >= 0.6 is 0 Å². The van der Waals surface area contributed by atoms with Crippen LogP contribution in [0.25, 0.3) is 0 Å². The molecule has 10 N–H and O–H groups in total. The smallest absolute Gasteiger partial charge is 0.305 e. The first kappa shape index (κ1) is 54.3. The highest BCUT2D eigenvalue weighted by Crippen LogP contribution is 2.30. The molecule has 1 aliphatic rings. The number of nitrogens with one attached hydrogen (secondary N) is 6. The minimum absolute atomic E-state index is 0.00682. The van der Waals surface area contributed by atoms with Gasteiger partial charge in [0.25, 0.3) is 0 Å². The Hall–Kier alpha value is -7.00. The summed E-state index contributed by atoms with van der Waals surface area (Å²) in [5.74, 6) is -13.3. The molecule has 0 bridgehead atoms. The van der Waals surface area contributed by atoms with Gasteiger partial charge in [0.1, 0.15) is 30.2 Å². The summed E-state index contributed by atoms with van der Waals surface area (Å²) in [5.41, 5.74) is 0.839. The zero-order valence-corrected chi connectivity index (χ0v) is 36.8. The molecule has 6 atom stereocenters. The number of hydrogen-bond donors (Lipinski definition) is 10. The molecule has 67 heavy (non-hydrogen) atoms. The zero-order valence-electron chi connectivity index (χ0n) is 36.8. The van der Waals surface area contributed by atoms with E-state index < -0.39 is 153 Å². The Morgan fingerprint density at radius 2 is 0.985 bits per heavy atom. The van der Waals surface area contributed by atoms with Crippen LogP contribution in [0, 0.1) is 5.92 Å². The number of hydrogen-bond acceptors (Lipinski definition) is 10. The molecule has 0 spiro atoms. The van der Waals surface area contributed by atoms with Gasteiger partial charge in [0.15, 0.2) is 0 Å². The van der Waals surface area contributed by atoms with Crippen LogP contribution in [0.2, 0.25) is 0 Å². The molecule has 6 unspecified atom stereocenters. The second kappa shape index (κ2) is 27.5. The van der Waals surface area contributed by atoms with Crippen molar-refractivity contribution in [3.8, 4) is 0 Å². The third-order valence-electron chi connectivity index (χ3n) is 11.0. The number of halogens is 2. The van der Waals surface area contributed by atoms with E-state index in [4.69, 9.17) is 0 Å². The first-order chi connectivity index (χ1) is 31.7. The molecule has 2 aromatic rings. The lowest BCUT2D eigenvalue weighted by Gasteiger charge is -2.32. The third kappa shape index (κ3) is 19.6. The Morgan fingerprint density at radius 3 is 1.45 bits per heavy atom. The maximum absolute atomic E-state index is 14.8. The molecule has 20 nitrogen and oxygen atoms in total. The highest BCUT2D eigenvalue weighted by molar-refractivity contribution is 5.98. The van der Waals surface area contributed by atoms with Crippen LogP contribution in [0.3, 0.4) is 0 Å². The molecule has 6 amide bonds. The zero-order chi connectivity index (χ0) is 49.6. The van der Waals surface area contributed by atoms with E-state index in [0.29, 0.717) is 24.0 Å². The second-order valence-electron chi connectivity index (χ2n) is 16.4. The largest absolute Gasteiger partial charge is 0.481 e. The van der Waals surface area contributed by atoms with E-state index in [9.17, 15) is 77.2 Å². The van der Waals surface area contributed by atoms with Crippen molar-refractivity contribution in [2.45, 2.75) is 139 Å². The van der Waals surface area contributed by atoms with Crippen molar-refractivity contribution in [3.05, 3.63) is 71.8 Å². The normalized spacial score (nSPS) is 15.4. The second-order valence-corrected chi connectivity index (χ2v) is 16.4. The molecule has 0 radical (unpaired) electrons. The van der Waals surface area contributed by atoms with Gasteiger partial charge in [-0.3, -0.25) is 47.9 Å². The molecule has 0 saturated heterocycles. The third-order valence-corrected chi connectivity index (χ3v) is 11.0. The summed E-state index contributed by atoms with van der Waals surface area (Å²) >= 11 is 0. The van der Waals surface area contributed by atoms with Crippen molar-refractivity contribution in [1.82, 2.24) is 31.9 Å². The lowest BCUT2D eigenvalue weighted by molar-refractivity contribution is -0.141. The topological polar surface area (TPSA) is 324 Å². The molecule has 22 heteroatoms. The molecule has 0 aliphatic heterocycles. The molecular formula is C45H58F2N6O14. The Balaban J connectivity index is 2.11. The number of carboxylic acid groups (broad SMARTS) is 4. The average molecular weight is 945 g/mol. The Kier molecular flexibility index (Phi) is 22.3. The molecule has 1 aliphatic carbocycles. The van der Waals surface area contributed by atoms with Crippen molar-refractivity contribution < 1.29 is 77.2 Å². The molecule has 0 aromatic heterocycles. The van der Waals surface area contributed by atoms with Gasteiger partial charge in [-0.25, -0.2) is 8.78 Å². The lowest BCUT2D eigenvalue weighted by atomic mass is 9.84. The number of alkyl halides is 2. The van der Waals surface area contributed by atoms with Crippen molar-refractivity contribution in [2.24, 2.45) is 5.92 Å². The van der Waals surface area contributed by atoms with E-state index in [0.717, 1.165) is 26.2 Å². The SMILES string of the molecule is CC(=O)NC(CC(=O)O)C(=O)NC(CCC(=O)O)C(=O)NC(C(=O)NC(CCC(=O)O)C(=O)NC(CC1CCCCC1)C(=O)NC(CC(=O)O)CC(F)F)C(c1ccccc1)c1ccccc1. The van der Waals surface area contributed by atoms with Crippen LogP contribution in [0.5, 0.6) is 0 Å². The number of aliphatic carboxylic acids is 4.